The van der Waals surface area contributed by atoms with Crippen molar-refractivity contribution in [2.45, 2.75) is 44.6 Å². The Bertz CT molecular complexity index is 799. The van der Waals surface area contributed by atoms with Crippen molar-refractivity contribution in [3.05, 3.63) is 53.6 Å². The van der Waals surface area contributed by atoms with Crippen LogP contribution in [0.25, 0.3) is 0 Å². The number of ketones is 3. The summed E-state index contributed by atoms with van der Waals surface area (Å²) in [5.74, 6) is -0.0187. The summed E-state index contributed by atoms with van der Waals surface area (Å²) < 4.78 is 5.12. The SMILES string of the molecule is CC(O)(CCC(=O)CCC1=CCC(=O)C=C1)C(=O)c1ccc(OCC=O)cc1. The molecule has 1 aromatic carbocycles. The third kappa shape index (κ3) is 6.39. The van der Waals surface area contributed by atoms with Crippen molar-refractivity contribution >= 4 is 23.6 Å². The smallest absolute Gasteiger partial charge is 0.194 e. The zero-order valence-electron chi connectivity index (χ0n) is 15.8. The van der Waals surface area contributed by atoms with E-state index in [-0.39, 0.29) is 31.0 Å². The fourth-order valence-electron chi connectivity index (χ4n) is 2.80. The first-order valence-corrected chi connectivity index (χ1v) is 9.17. The van der Waals surface area contributed by atoms with Crippen LogP contribution in [0.4, 0.5) is 0 Å². The van der Waals surface area contributed by atoms with Crippen molar-refractivity contribution in [3.63, 3.8) is 0 Å². The summed E-state index contributed by atoms with van der Waals surface area (Å²) in [5, 5.41) is 10.5. The Kier molecular flexibility index (Phi) is 7.58. The molecule has 2 rings (SSSR count). The van der Waals surface area contributed by atoms with E-state index in [0.717, 1.165) is 5.57 Å². The van der Waals surface area contributed by atoms with Gasteiger partial charge in [0, 0.05) is 24.8 Å². The molecule has 148 valence electrons. The standard InChI is InChI=1S/C22H24O6/c1-22(27,21(26)17-5-10-20(11-6-17)28-15-14-23)13-12-19(25)9-4-16-2-7-18(24)8-3-16/h2-3,5-7,10-11,14,27H,4,8-9,12-13,15H2,1H3. The normalized spacial score (nSPS) is 15.5. The minimum absolute atomic E-state index is 0.0292. The number of ether oxygens (including phenoxy) is 1. The second-order valence-corrected chi connectivity index (χ2v) is 6.93. The number of benzene rings is 1. The van der Waals surface area contributed by atoms with Crippen LogP contribution in [-0.4, -0.2) is 41.0 Å². The lowest BCUT2D eigenvalue weighted by Crippen LogP contribution is -2.35. The van der Waals surface area contributed by atoms with Crippen LogP contribution in [0, 0.1) is 0 Å². The number of aldehydes is 1. The molecular formula is C22H24O6. The van der Waals surface area contributed by atoms with E-state index in [2.05, 4.69) is 0 Å². The predicted molar refractivity (Wildman–Crippen MR) is 103 cm³/mol. The van der Waals surface area contributed by atoms with Gasteiger partial charge in [-0.25, -0.2) is 0 Å². The Labute approximate surface area is 163 Å². The lowest BCUT2D eigenvalue weighted by molar-refractivity contribution is -0.120. The largest absolute Gasteiger partial charge is 0.486 e. The summed E-state index contributed by atoms with van der Waals surface area (Å²) in [6.45, 7) is 1.33. The molecule has 6 heteroatoms. The van der Waals surface area contributed by atoms with Gasteiger partial charge in [-0.2, -0.15) is 0 Å². The Hall–Kier alpha value is -2.86. The van der Waals surface area contributed by atoms with Crippen LogP contribution in [0.1, 0.15) is 49.4 Å². The molecule has 0 radical (unpaired) electrons. The van der Waals surface area contributed by atoms with Crippen molar-refractivity contribution in [2.75, 3.05) is 6.61 Å². The van der Waals surface area contributed by atoms with Crippen LogP contribution in [0.5, 0.6) is 5.75 Å². The fourth-order valence-corrected chi connectivity index (χ4v) is 2.80. The Balaban J connectivity index is 1.83. The maximum Gasteiger partial charge on any atom is 0.194 e. The molecule has 0 heterocycles. The number of allylic oxidation sites excluding steroid dienone is 4. The summed E-state index contributed by atoms with van der Waals surface area (Å²) in [5.41, 5.74) is -0.400. The van der Waals surface area contributed by atoms with E-state index in [1.807, 2.05) is 6.08 Å². The summed E-state index contributed by atoms with van der Waals surface area (Å²) in [4.78, 5) is 46.1. The van der Waals surface area contributed by atoms with E-state index in [4.69, 9.17) is 4.74 Å². The van der Waals surface area contributed by atoms with Crippen molar-refractivity contribution in [1.29, 1.82) is 0 Å². The molecule has 1 aromatic rings. The summed E-state index contributed by atoms with van der Waals surface area (Å²) in [7, 11) is 0. The van der Waals surface area contributed by atoms with Gasteiger partial charge in [0.25, 0.3) is 0 Å². The van der Waals surface area contributed by atoms with Gasteiger partial charge in [0.2, 0.25) is 0 Å². The lowest BCUT2D eigenvalue weighted by Gasteiger charge is -2.21. The molecule has 0 saturated carbocycles. The van der Waals surface area contributed by atoms with Crippen LogP contribution < -0.4 is 4.74 Å². The topological polar surface area (TPSA) is 97.7 Å². The van der Waals surface area contributed by atoms with Gasteiger partial charge in [0.1, 0.15) is 23.7 Å². The van der Waals surface area contributed by atoms with E-state index >= 15 is 0 Å². The summed E-state index contributed by atoms with van der Waals surface area (Å²) in [6.07, 6.45) is 7.01. The van der Waals surface area contributed by atoms with Gasteiger partial charge in [-0.05, 0) is 50.1 Å². The molecule has 0 aromatic heterocycles. The monoisotopic (exact) mass is 384 g/mol. The molecule has 0 aliphatic heterocycles. The number of carbonyl (C=O) groups excluding carboxylic acids is 4. The fraction of sp³-hybridized carbons (Fsp3) is 0.364. The van der Waals surface area contributed by atoms with Crippen molar-refractivity contribution in [1.82, 2.24) is 0 Å². The summed E-state index contributed by atoms with van der Waals surface area (Å²) >= 11 is 0. The maximum atomic E-state index is 12.5. The molecule has 1 unspecified atom stereocenters. The molecule has 0 spiro atoms. The van der Waals surface area contributed by atoms with Crippen molar-refractivity contribution < 1.29 is 29.0 Å². The lowest BCUT2D eigenvalue weighted by atomic mass is 9.88. The molecule has 1 aliphatic rings. The van der Waals surface area contributed by atoms with E-state index in [9.17, 15) is 24.3 Å². The maximum absolute atomic E-state index is 12.5. The van der Waals surface area contributed by atoms with Gasteiger partial charge in [0.05, 0.1) is 0 Å². The molecule has 0 bridgehead atoms. The van der Waals surface area contributed by atoms with Crippen LogP contribution >= 0.6 is 0 Å². The highest BCUT2D eigenvalue weighted by atomic mass is 16.5. The van der Waals surface area contributed by atoms with Crippen molar-refractivity contribution in [3.8, 4) is 5.75 Å². The minimum Gasteiger partial charge on any atom is -0.486 e. The van der Waals surface area contributed by atoms with Crippen LogP contribution in [-0.2, 0) is 14.4 Å². The Morgan fingerprint density at radius 2 is 1.89 bits per heavy atom. The second kappa shape index (κ2) is 9.90. The second-order valence-electron chi connectivity index (χ2n) is 6.93. The predicted octanol–water partition coefficient (Wildman–Crippen LogP) is 2.78. The van der Waals surface area contributed by atoms with Crippen LogP contribution in [0.3, 0.4) is 0 Å². The van der Waals surface area contributed by atoms with E-state index in [1.165, 1.54) is 25.1 Å². The van der Waals surface area contributed by atoms with Crippen molar-refractivity contribution in [2.24, 2.45) is 0 Å². The first kappa shape index (κ1) is 21.4. The third-order valence-electron chi connectivity index (χ3n) is 4.56. The molecule has 0 fully saturated rings. The average Bonchev–Trinajstić information content (AvgIpc) is 2.70. The van der Waals surface area contributed by atoms with Gasteiger partial charge in [-0.1, -0.05) is 17.7 Å². The first-order chi connectivity index (χ1) is 13.3. The van der Waals surface area contributed by atoms with Crippen LogP contribution in [0.15, 0.2) is 48.1 Å². The first-order valence-electron chi connectivity index (χ1n) is 9.17. The average molecular weight is 384 g/mol. The molecule has 1 atom stereocenters. The number of carbonyl (C=O) groups is 4. The number of rotatable bonds is 11. The van der Waals surface area contributed by atoms with Crippen LogP contribution in [0.2, 0.25) is 0 Å². The Morgan fingerprint density at radius 1 is 1.18 bits per heavy atom. The van der Waals surface area contributed by atoms with Gasteiger partial charge < -0.3 is 9.84 Å². The number of aliphatic hydroxyl groups is 1. The van der Waals surface area contributed by atoms with E-state index in [0.29, 0.717) is 36.9 Å². The summed E-state index contributed by atoms with van der Waals surface area (Å²) in [6, 6.07) is 6.13. The molecular weight excluding hydrogens is 360 g/mol. The zero-order valence-corrected chi connectivity index (χ0v) is 15.8. The molecule has 1 N–H and O–H groups in total. The number of hydrogen-bond donors (Lipinski definition) is 1. The number of Topliss-reactive ketones (excluding diaryl/α,β-unsaturated/α-hetero) is 2. The van der Waals surface area contributed by atoms with Gasteiger partial charge in [0.15, 0.2) is 17.9 Å². The molecule has 6 nitrogen and oxygen atoms in total. The quantitative estimate of drug-likeness (QED) is 0.465. The molecule has 1 aliphatic carbocycles. The number of hydrogen-bond acceptors (Lipinski definition) is 6. The van der Waals surface area contributed by atoms with Gasteiger partial charge >= 0.3 is 0 Å². The molecule has 0 saturated heterocycles. The third-order valence-corrected chi connectivity index (χ3v) is 4.56. The highest BCUT2D eigenvalue weighted by Crippen LogP contribution is 2.22. The van der Waals surface area contributed by atoms with Gasteiger partial charge in [-0.3, -0.25) is 19.2 Å². The van der Waals surface area contributed by atoms with E-state index < -0.39 is 11.4 Å². The Morgan fingerprint density at radius 3 is 2.50 bits per heavy atom. The molecule has 28 heavy (non-hydrogen) atoms. The minimum atomic E-state index is -1.66. The highest BCUT2D eigenvalue weighted by molar-refractivity contribution is 6.02. The molecule has 0 amide bonds. The zero-order chi connectivity index (χ0) is 20.6. The van der Waals surface area contributed by atoms with Gasteiger partial charge in [-0.15, -0.1) is 0 Å². The highest BCUT2D eigenvalue weighted by Gasteiger charge is 2.31. The van der Waals surface area contributed by atoms with E-state index in [1.54, 1.807) is 18.2 Å².